The molecule has 1 saturated heterocycles. The lowest BCUT2D eigenvalue weighted by Gasteiger charge is -2.21. The minimum atomic E-state index is -0.179. The number of hydrogen-bond acceptors (Lipinski definition) is 3. The van der Waals surface area contributed by atoms with Crippen LogP contribution in [0.2, 0.25) is 0 Å². The molecule has 1 fully saturated rings. The van der Waals surface area contributed by atoms with E-state index in [4.69, 9.17) is 0 Å². The number of aromatic hydroxyl groups is 1. The second-order valence-corrected chi connectivity index (χ2v) is 5.09. The minimum absolute atomic E-state index is 0. The Balaban J connectivity index is 0.00000161. The summed E-state index contributed by atoms with van der Waals surface area (Å²) in [5.41, 5.74) is 1.23. The molecule has 3 heterocycles. The van der Waals surface area contributed by atoms with E-state index >= 15 is 0 Å². The van der Waals surface area contributed by atoms with E-state index in [1.807, 2.05) is 47.1 Å². The Labute approximate surface area is 129 Å². The summed E-state index contributed by atoms with van der Waals surface area (Å²) < 4.78 is 3.23. The van der Waals surface area contributed by atoms with Gasteiger partial charge >= 0.3 is 0 Å². The summed E-state index contributed by atoms with van der Waals surface area (Å²) in [4.78, 5) is 12.2. The molecule has 0 aromatic carbocycles. The number of nitrogens with zero attached hydrogens (tertiary/aromatic N) is 3. The molecule has 0 saturated carbocycles. The summed E-state index contributed by atoms with van der Waals surface area (Å²) in [6.45, 7) is 3.44. The smallest absolute Gasteiger partial charge is 0.288 e. The average Bonchev–Trinajstić information content (AvgIpc) is 2.93. The molecule has 6 heteroatoms. The molecule has 2 aromatic rings. The fraction of sp³-hybridized carbons (Fsp3) is 0.333. The number of rotatable bonds is 2. The van der Waals surface area contributed by atoms with Crippen LogP contribution in [-0.4, -0.2) is 22.9 Å². The van der Waals surface area contributed by atoms with Crippen molar-refractivity contribution in [2.45, 2.75) is 19.8 Å². The van der Waals surface area contributed by atoms with Crippen molar-refractivity contribution in [3.63, 3.8) is 0 Å². The summed E-state index contributed by atoms with van der Waals surface area (Å²) in [5.74, 6) is 0.00750. The van der Waals surface area contributed by atoms with Gasteiger partial charge in [-0.1, -0.05) is 6.07 Å². The Morgan fingerprint density at radius 1 is 1.14 bits per heavy atom. The number of halogens is 1. The Morgan fingerprint density at radius 3 is 2.38 bits per heavy atom. The normalized spacial score (nSPS) is 14.0. The molecule has 112 valence electrons. The van der Waals surface area contributed by atoms with Crippen LogP contribution in [0.3, 0.4) is 0 Å². The number of aryl methyl sites for hydroxylation is 1. The van der Waals surface area contributed by atoms with Crippen LogP contribution in [0.5, 0.6) is 5.88 Å². The van der Waals surface area contributed by atoms with E-state index in [9.17, 15) is 9.90 Å². The SMILES string of the molecule is Cc1cc(=O)n(N2CCCC2)c(O)c1-[n+]1ccccc1.[Cl-]. The van der Waals surface area contributed by atoms with Crippen LogP contribution >= 0.6 is 0 Å². The number of hydrogen-bond donors (Lipinski definition) is 1. The molecule has 0 aliphatic carbocycles. The predicted molar refractivity (Wildman–Crippen MR) is 75.8 cm³/mol. The summed E-state index contributed by atoms with van der Waals surface area (Å²) >= 11 is 0. The highest BCUT2D eigenvalue weighted by molar-refractivity contribution is 5.41. The van der Waals surface area contributed by atoms with Gasteiger partial charge in [-0.15, -0.1) is 0 Å². The summed E-state index contributed by atoms with van der Waals surface area (Å²) in [7, 11) is 0. The monoisotopic (exact) mass is 307 g/mol. The maximum absolute atomic E-state index is 12.2. The quantitative estimate of drug-likeness (QED) is 0.645. The largest absolute Gasteiger partial charge is 1.00 e. The molecule has 0 bridgehead atoms. The van der Waals surface area contributed by atoms with Crippen LogP contribution in [0.15, 0.2) is 41.5 Å². The van der Waals surface area contributed by atoms with Gasteiger partial charge < -0.3 is 22.5 Å². The molecule has 21 heavy (non-hydrogen) atoms. The van der Waals surface area contributed by atoms with Gasteiger partial charge in [-0.2, -0.15) is 9.24 Å². The fourth-order valence-corrected chi connectivity index (χ4v) is 2.74. The van der Waals surface area contributed by atoms with E-state index in [2.05, 4.69) is 0 Å². The van der Waals surface area contributed by atoms with Crippen molar-refractivity contribution in [2.75, 3.05) is 18.1 Å². The Morgan fingerprint density at radius 2 is 1.76 bits per heavy atom. The molecule has 1 aliphatic rings. The van der Waals surface area contributed by atoms with Gasteiger partial charge in [0.05, 0.1) is 0 Å². The van der Waals surface area contributed by atoms with Gasteiger partial charge in [0.15, 0.2) is 12.4 Å². The molecule has 1 aliphatic heterocycles. The molecule has 0 unspecified atom stereocenters. The third-order valence-corrected chi connectivity index (χ3v) is 3.67. The first-order valence-electron chi connectivity index (χ1n) is 6.86. The first kappa shape index (κ1) is 15.4. The maximum Gasteiger partial charge on any atom is 0.288 e. The summed E-state index contributed by atoms with van der Waals surface area (Å²) in [6, 6.07) is 7.28. The van der Waals surface area contributed by atoms with Crippen molar-refractivity contribution >= 4 is 0 Å². The zero-order valence-electron chi connectivity index (χ0n) is 11.9. The van der Waals surface area contributed by atoms with Crippen LogP contribution in [0.1, 0.15) is 18.4 Å². The molecule has 2 aromatic heterocycles. The van der Waals surface area contributed by atoms with E-state index < -0.39 is 0 Å². The van der Waals surface area contributed by atoms with E-state index in [1.165, 1.54) is 4.68 Å². The third kappa shape index (κ3) is 2.74. The molecular weight excluding hydrogens is 290 g/mol. The first-order valence-corrected chi connectivity index (χ1v) is 6.86. The van der Waals surface area contributed by atoms with Gasteiger partial charge in [-0.05, 0) is 19.8 Å². The summed E-state index contributed by atoms with van der Waals surface area (Å²) in [5, 5.41) is 12.5. The highest BCUT2D eigenvalue weighted by atomic mass is 35.5. The Hall–Kier alpha value is -2.01. The molecule has 0 radical (unpaired) electrons. The molecule has 1 N–H and O–H groups in total. The van der Waals surface area contributed by atoms with E-state index in [1.54, 1.807) is 6.07 Å². The van der Waals surface area contributed by atoms with Gasteiger partial charge in [-0.25, -0.2) is 0 Å². The van der Waals surface area contributed by atoms with Crippen molar-refractivity contribution in [1.29, 1.82) is 0 Å². The molecule has 3 rings (SSSR count). The third-order valence-electron chi connectivity index (χ3n) is 3.67. The van der Waals surface area contributed by atoms with Crippen LogP contribution in [0, 0.1) is 6.92 Å². The van der Waals surface area contributed by atoms with E-state index in [-0.39, 0.29) is 23.8 Å². The van der Waals surface area contributed by atoms with Crippen LogP contribution in [-0.2, 0) is 0 Å². The number of aromatic nitrogens is 2. The van der Waals surface area contributed by atoms with Crippen LogP contribution in [0.4, 0.5) is 0 Å². The standard InChI is InChI=1S/C15H17N3O2.ClH/c1-12-11-13(19)18(17-9-5-6-10-17)15(20)14(12)16-7-3-2-4-8-16;/h2-4,7-8,11H,5-6,9-10H2,1H3;1H. The van der Waals surface area contributed by atoms with Crippen molar-refractivity contribution in [3.8, 4) is 11.6 Å². The van der Waals surface area contributed by atoms with Gasteiger partial charge in [-0.3, -0.25) is 4.79 Å². The molecule has 0 amide bonds. The van der Waals surface area contributed by atoms with Crippen molar-refractivity contribution < 1.29 is 22.1 Å². The first-order chi connectivity index (χ1) is 9.68. The Kier molecular flexibility index (Phi) is 4.53. The highest BCUT2D eigenvalue weighted by Gasteiger charge is 2.25. The van der Waals surface area contributed by atoms with Crippen LogP contribution in [0.25, 0.3) is 5.69 Å². The second kappa shape index (κ2) is 6.18. The molecule has 5 nitrogen and oxygen atoms in total. The van der Waals surface area contributed by atoms with Crippen molar-refractivity contribution in [1.82, 2.24) is 4.68 Å². The fourth-order valence-electron chi connectivity index (χ4n) is 2.74. The van der Waals surface area contributed by atoms with Crippen molar-refractivity contribution in [2.24, 2.45) is 0 Å². The predicted octanol–water partition coefficient (Wildman–Crippen LogP) is -2.13. The van der Waals surface area contributed by atoms with Crippen LogP contribution < -0.4 is 27.5 Å². The zero-order chi connectivity index (χ0) is 14.1. The summed E-state index contributed by atoms with van der Waals surface area (Å²) in [6.07, 6.45) is 5.82. The maximum atomic E-state index is 12.2. The molecular formula is C15H18ClN3O2. The second-order valence-electron chi connectivity index (χ2n) is 5.09. The van der Waals surface area contributed by atoms with Crippen molar-refractivity contribution in [3.05, 3.63) is 52.6 Å². The number of pyridine rings is 2. The van der Waals surface area contributed by atoms with Gasteiger partial charge in [0.2, 0.25) is 0 Å². The molecule has 0 atom stereocenters. The average molecular weight is 308 g/mol. The van der Waals surface area contributed by atoms with Gasteiger partial charge in [0.25, 0.3) is 17.1 Å². The highest BCUT2D eigenvalue weighted by Crippen LogP contribution is 2.20. The minimum Gasteiger partial charge on any atom is -1.00 e. The lowest BCUT2D eigenvalue weighted by atomic mass is 10.2. The lowest BCUT2D eigenvalue weighted by Crippen LogP contribution is -3.00. The van der Waals surface area contributed by atoms with E-state index in [0.717, 1.165) is 31.5 Å². The zero-order valence-corrected chi connectivity index (χ0v) is 12.6. The topological polar surface area (TPSA) is 49.4 Å². The van der Waals surface area contributed by atoms with E-state index in [0.29, 0.717) is 5.69 Å². The van der Waals surface area contributed by atoms with Gasteiger partial charge in [0, 0.05) is 36.9 Å². The Bertz CT molecular complexity index is 679. The molecule has 0 spiro atoms. The lowest BCUT2D eigenvalue weighted by molar-refractivity contribution is -0.597. The van der Waals surface area contributed by atoms with Gasteiger partial charge in [0.1, 0.15) is 0 Å².